The van der Waals surface area contributed by atoms with Crippen LogP contribution in [0.3, 0.4) is 0 Å². The number of aliphatic hydroxyl groups is 1. The van der Waals surface area contributed by atoms with E-state index < -0.39 is 18.0 Å². The summed E-state index contributed by atoms with van der Waals surface area (Å²) in [4.78, 5) is 20.2. The molecular formula is C20H41NO5. The third-order valence-electron chi connectivity index (χ3n) is 4.25. The van der Waals surface area contributed by atoms with Gasteiger partial charge >= 0.3 is 11.9 Å². The standard InChI is InChI=1S/C16H32O2.C4H9NO3/c1-2-3-4-5-6-7-8-9-10-11-12-13-14-15-16(17)18;5-3(1-2-6)4(7)8/h2-15H2,1H3,(H,17,18);3,6H,1-2,5H2,(H,7,8). The summed E-state index contributed by atoms with van der Waals surface area (Å²) in [5.41, 5.74) is 4.97. The third-order valence-corrected chi connectivity index (χ3v) is 4.25. The van der Waals surface area contributed by atoms with Crippen molar-refractivity contribution in [1.82, 2.24) is 0 Å². The smallest absolute Gasteiger partial charge is 0.320 e. The predicted octanol–water partition coefficient (Wildman–Crippen LogP) is 4.33. The first-order valence-corrected chi connectivity index (χ1v) is 10.3. The molecule has 0 aromatic rings. The molecule has 0 saturated heterocycles. The van der Waals surface area contributed by atoms with Crippen LogP contribution in [0, 0.1) is 0 Å². The molecule has 0 aliphatic heterocycles. The van der Waals surface area contributed by atoms with E-state index in [9.17, 15) is 9.59 Å². The Morgan fingerprint density at radius 1 is 0.769 bits per heavy atom. The minimum atomic E-state index is -1.07. The first kappa shape index (κ1) is 27.1. The second-order valence-corrected chi connectivity index (χ2v) is 6.84. The van der Waals surface area contributed by atoms with Crippen LogP contribution >= 0.6 is 0 Å². The van der Waals surface area contributed by atoms with Crippen LogP contribution in [-0.4, -0.2) is 39.9 Å². The van der Waals surface area contributed by atoms with Crippen LogP contribution in [0.4, 0.5) is 0 Å². The van der Waals surface area contributed by atoms with Crippen LogP contribution in [0.15, 0.2) is 0 Å². The molecule has 0 saturated carbocycles. The Labute approximate surface area is 159 Å². The molecule has 6 nitrogen and oxygen atoms in total. The topological polar surface area (TPSA) is 121 Å². The molecule has 0 aliphatic carbocycles. The SMILES string of the molecule is CCCCCCCCCCCCCCCC(=O)O.NC(CCO)C(=O)O. The Balaban J connectivity index is 0. The lowest BCUT2D eigenvalue weighted by Crippen LogP contribution is -2.30. The molecule has 1 atom stereocenters. The van der Waals surface area contributed by atoms with Crippen molar-refractivity contribution in [3.63, 3.8) is 0 Å². The molecule has 0 amide bonds. The summed E-state index contributed by atoms with van der Waals surface area (Å²) in [6, 6.07) is -0.917. The Morgan fingerprint density at radius 2 is 1.15 bits per heavy atom. The number of hydrogen-bond donors (Lipinski definition) is 4. The zero-order chi connectivity index (χ0) is 20.0. The highest BCUT2D eigenvalue weighted by Crippen LogP contribution is 2.12. The van der Waals surface area contributed by atoms with E-state index in [-0.39, 0.29) is 13.0 Å². The molecule has 0 aromatic carbocycles. The van der Waals surface area contributed by atoms with Gasteiger partial charge in [0.25, 0.3) is 0 Å². The van der Waals surface area contributed by atoms with Gasteiger partial charge in [-0.15, -0.1) is 0 Å². The van der Waals surface area contributed by atoms with E-state index >= 15 is 0 Å². The van der Waals surface area contributed by atoms with E-state index in [1.807, 2.05) is 0 Å². The predicted molar refractivity (Wildman–Crippen MR) is 105 cm³/mol. The van der Waals surface area contributed by atoms with Crippen molar-refractivity contribution in [2.24, 2.45) is 5.73 Å². The van der Waals surface area contributed by atoms with Crippen molar-refractivity contribution in [3.8, 4) is 0 Å². The van der Waals surface area contributed by atoms with Gasteiger partial charge in [-0.2, -0.15) is 0 Å². The first-order valence-electron chi connectivity index (χ1n) is 10.3. The lowest BCUT2D eigenvalue weighted by Gasteiger charge is -2.02. The Hall–Kier alpha value is -1.14. The van der Waals surface area contributed by atoms with Gasteiger partial charge in [0.15, 0.2) is 0 Å². The number of hydrogen-bond acceptors (Lipinski definition) is 4. The molecule has 0 rings (SSSR count). The first-order chi connectivity index (χ1) is 12.5. The van der Waals surface area contributed by atoms with Crippen LogP contribution < -0.4 is 5.73 Å². The molecule has 0 aliphatic rings. The molecule has 6 heteroatoms. The van der Waals surface area contributed by atoms with Gasteiger partial charge in [-0.3, -0.25) is 9.59 Å². The van der Waals surface area contributed by atoms with Crippen LogP contribution in [0.2, 0.25) is 0 Å². The lowest BCUT2D eigenvalue weighted by molar-refractivity contribution is -0.139. The van der Waals surface area contributed by atoms with Crippen molar-refractivity contribution in [3.05, 3.63) is 0 Å². The summed E-state index contributed by atoms with van der Waals surface area (Å²) in [6.07, 6.45) is 17.4. The van der Waals surface area contributed by atoms with Crippen molar-refractivity contribution < 1.29 is 24.9 Å². The number of aliphatic carboxylic acids is 2. The van der Waals surface area contributed by atoms with Crippen LogP contribution in [0.1, 0.15) is 103 Å². The van der Waals surface area contributed by atoms with E-state index in [4.69, 9.17) is 21.1 Å². The van der Waals surface area contributed by atoms with Gasteiger partial charge in [0.1, 0.15) is 6.04 Å². The number of unbranched alkanes of at least 4 members (excludes halogenated alkanes) is 12. The summed E-state index contributed by atoms with van der Waals surface area (Å²) in [7, 11) is 0. The second kappa shape index (κ2) is 21.9. The molecule has 0 bridgehead atoms. The monoisotopic (exact) mass is 375 g/mol. The van der Waals surface area contributed by atoms with Crippen molar-refractivity contribution >= 4 is 11.9 Å². The highest BCUT2D eigenvalue weighted by Gasteiger charge is 2.08. The zero-order valence-electron chi connectivity index (χ0n) is 16.6. The molecule has 26 heavy (non-hydrogen) atoms. The average molecular weight is 376 g/mol. The summed E-state index contributed by atoms with van der Waals surface area (Å²) < 4.78 is 0. The number of carboxylic acid groups (broad SMARTS) is 2. The largest absolute Gasteiger partial charge is 0.481 e. The summed E-state index contributed by atoms with van der Waals surface area (Å²) >= 11 is 0. The molecular weight excluding hydrogens is 334 g/mol. The Bertz CT molecular complexity index is 323. The highest BCUT2D eigenvalue weighted by molar-refractivity contribution is 5.72. The minimum Gasteiger partial charge on any atom is -0.481 e. The van der Waals surface area contributed by atoms with Gasteiger partial charge < -0.3 is 21.1 Å². The van der Waals surface area contributed by atoms with Gasteiger partial charge in [-0.05, 0) is 12.8 Å². The highest BCUT2D eigenvalue weighted by atomic mass is 16.4. The van der Waals surface area contributed by atoms with Gasteiger partial charge in [0.05, 0.1) is 0 Å². The molecule has 0 heterocycles. The van der Waals surface area contributed by atoms with Gasteiger partial charge in [-0.25, -0.2) is 0 Å². The normalized spacial score (nSPS) is 11.5. The summed E-state index contributed by atoms with van der Waals surface area (Å²) in [5.74, 6) is -1.72. The summed E-state index contributed by atoms with van der Waals surface area (Å²) in [6.45, 7) is 2.09. The molecule has 1 unspecified atom stereocenters. The van der Waals surface area contributed by atoms with E-state index in [1.54, 1.807) is 0 Å². The van der Waals surface area contributed by atoms with Gasteiger partial charge in [-0.1, -0.05) is 84.0 Å². The fourth-order valence-corrected chi connectivity index (χ4v) is 2.56. The van der Waals surface area contributed by atoms with Crippen LogP contribution in [-0.2, 0) is 9.59 Å². The van der Waals surface area contributed by atoms with E-state index in [2.05, 4.69) is 6.92 Å². The van der Waals surface area contributed by atoms with E-state index in [1.165, 1.54) is 70.6 Å². The maximum atomic E-state index is 10.3. The van der Waals surface area contributed by atoms with Gasteiger partial charge in [0, 0.05) is 13.0 Å². The molecule has 0 radical (unpaired) electrons. The molecule has 156 valence electrons. The van der Waals surface area contributed by atoms with Gasteiger partial charge in [0.2, 0.25) is 0 Å². The molecule has 5 N–H and O–H groups in total. The Morgan fingerprint density at radius 3 is 1.42 bits per heavy atom. The average Bonchev–Trinajstić information content (AvgIpc) is 2.59. The lowest BCUT2D eigenvalue weighted by atomic mass is 10.0. The van der Waals surface area contributed by atoms with E-state index in [0.717, 1.165) is 12.8 Å². The molecule has 0 fully saturated rings. The molecule has 0 aromatic heterocycles. The van der Waals surface area contributed by atoms with Crippen LogP contribution in [0.5, 0.6) is 0 Å². The summed E-state index contributed by atoms with van der Waals surface area (Å²) in [5, 5.41) is 24.7. The fourth-order valence-electron chi connectivity index (χ4n) is 2.56. The number of nitrogens with two attached hydrogens (primary N) is 1. The van der Waals surface area contributed by atoms with Crippen molar-refractivity contribution in [2.75, 3.05) is 6.61 Å². The maximum absolute atomic E-state index is 10.3. The fraction of sp³-hybridized carbons (Fsp3) is 0.900. The number of rotatable bonds is 17. The quantitative estimate of drug-likeness (QED) is 0.281. The zero-order valence-corrected chi connectivity index (χ0v) is 16.6. The Kier molecular flexibility index (Phi) is 22.8. The van der Waals surface area contributed by atoms with Crippen molar-refractivity contribution in [1.29, 1.82) is 0 Å². The number of carboxylic acids is 2. The second-order valence-electron chi connectivity index (χ2n) is 6.84. The molecule has 0 spiro atoms. The number of carbonyl (C=O) groups is 2. The third kappa shape index (κ3) is 25.1. The maximum Gasteiger partial charge on any atom is 0.320 e. The van der Waals surface area contributed by atoms with Crippen LogP contribution in [0.25, 0.3) is 0 Å². The van der Waals surface area contributed by atoms with Crippen molar-refractivity contribution in [2.45, 2.75) is 109 Å². The number of aliphatic hydroxyl groups excluding tert-OH is 1. The minimum absolute atomic E-state index is 0.120. The van der Waals surface area contributed by atoms with E-state index in [0.29, 0.717) is 6.42 Å².